The van der Waals surface area contributed by atoms with Gasteiger partial charge < -0.3 is 4.85 Å². The quantitative estimate of drug-likeness (QED) is 0.160. The van der Waals surface area contributed by atoms with E-state index in [0.29, 0.717) is 12.4 Å². The van der Waals surface area contributed by atoms with Crippen LogP contribution in [0.5, 0.6) is 0 Å². The van der Waals surface area contributed by atoms with E-state index < -0.39 is 35.4 Å². The van der Waals surface area contributed by atoms with Crippen LogP contribution in [-0.2, 0) is 12.4 Å². The van der Waals surface area contributed by atoms with Crippen LogP contribution in [0, 0.1) is 18.2 Å². The maximum atomic E-state index is 13.5. The molecule has 0 saturated heterocycles. The highest BCUT2D eigenvalue weighted by Gasteiger charge is 2.33. The zero-order chi connectivity index (χ0) is 27.4. The van der Waals surface area contributed by atoms with Crippen molar-refractivity contribution in [3.8, 4) is 22.5 Å². The van der Waals surface area contributed by atoms with Crippen LogP contribution >= 0.6 is 11.6 Å². The van der Waals surface area contributed by atoms with E-state index in [1.54, 1.807) is 0 Å². The average Bonchev–Trinajstić information content (AvgIpc) is 2.85. The van der Waals surface area contributed by atoms with Gasteiger partial charge in [-0.25, -0.2) is 23.7 Å². The Balaban J connectivity index is 0.000000206. The Morgan fingerprint density at radius 2 is 1.08 bits per heavy atom. The van der Waals surface area contributed by atoms with Crippen LogP contribution in [0.15, 0.2) is 49.3 Å². The molecule has 0 amide bonds. The second-order valence-corrected chi connectivity index (χ2v) is 7.08. The third kappa shape index (κ3) is 6.88. The van der Waals surface area contributed by atoms with Crippen molar-refractivity contribution in [2.24, 2.45) is 0 Å². The lowest BCUT2D eigenvalue weighted by molar-refractivity contribution is -0.142. The minimum atomic E-state index is -4.61. The molecule has 0 aliphatic rings. The predicted molar refractivity (Wildman–Crippen MR) is 112 cm³/mol. The number of rotatable bonds is 2. The fourth-order valence-corrected chi connectivity index (χ4v) is 2.68. The zero-order valence-corrected chi connectivity index (χ0v) is 18.4. The van der Waals surface area contributed by atoms with Gasteiger partial charge in [-0.15, -0.1) is 4.98 Å². The van der Waals surface area contributed by atoms with E-state index in [1.807, 2.05) is 0 Å². The van der Waals surface area contributed by atoms with Crippen molar-refractivity contribution in [1.29, 1.82) is 0 Å². The van der Waals surface area contributed by atoms with E-state index in [0.717, 1.165) is 36.9 Å². The molecule has 16 heteroatoms. The first-order valence-electron chi connectivity index (χ1n) is 9.43. The van der Waals surface area contributed by atoms with Crippen molar-refractivity contribution in [1.82, 2.24) is 29.9 Å². The number of aromatic nitrogens is 6. The second-order valence-electron chi connectivity index (χ2n) is 6.69. The molecule has 0 atom stereocenters. The van der Waals surface area contributed by atoms with Crippen molar-refractivity contribution in [2.45, 2.75) is 12.4 Å². The molecular weight excluding hydrogens is 538 g/mol. The Bertz CT molecular complexity index is 1430. The van der Waals surface area contributed by atoms with Gasteiger partial charge in [-0.2, -0.15) is 26.3 Å². The fraction of sp³-hybridized carbons (Fsp3) is 0.0952. The smallest absolute Gasteiger partial charge is 0.361 e. The summed E-state index contributed by atoms with van der Waals surface area (Å²) in [5.41, 5.74) is -2.65. The van der Waals surface area contributed by atoms with Crippen molar-refractivity contribution in [3.63, 3.8) is 0 Å². The highest BCUT2D eigenvalue weighted by atomic mass is 35.5. The Hall–Kier alpha value is -4.32. The molecule has 0 aliphatic heterocycles. The molecule has 0 saturated carbocycles. The summed E-state index contributed by atoms with van der Waals surface area (Å²) in [5, 5.41) is 0.00750. The summed E-state index contributed by atoms with van der Waals surface area (Å²) in [6, 6.07) is 2.26. The van der Waals surface area contributed by atoms with E-state index in [-0.39, 0.29) is 33.5 Å². The molecule has 0 aromatic carbocycles. The molecule has 4 aromatic rings. The van der Waals surface area contributed by atoms with Gasteiger partial charge in [0, 0.05) is 11.1 Å². The molecule has 4 aromatic heterocycles. The van der Waals surface area contributed by atoms with Gasteiger partial charge in [0.15, 0.2) is 29.2 Å². The predicted octanol–water partition coefficient (Wildman–Crippen LogP) is 6.60. The lowest BCUT2D eigenvalue weighted by Gasteiger charge is -2.06. The summed E-state index contributed by atoms with van der Waals surface area (Å²) in [5.74, 6) is -1.62. The Morgan fingerprint density at radius 1 is 0.622 bits per heavy atom. The zero-order valence-electron chi connectivity index (χ0n) is 17.7. The maximum absolute atomic E-state index is 13.5. The highest BCUT2D eigenvalue weighted by molar-refractivity contribution is 6.29. The lowest BCUT2D eigenvalue weighted by atomic mass is 10.2. The summed E-state index contributed by atoms with van der Waals surface area (Å²) in [6.45, 7) is 6.74. The van der Waals surface area contributed by atoms with E-state index in [2.05, 4.69) is 34.7 Å². The number of halogens is 9. The first-order valence-corrected chi connectivity index (χ1v) is 9.80. The molecule has 37 heavy (non-hydrogen) atoms. The molecule has 0 fully saturated rings. The lowest BCUT2D eigenvalue weighted by Crippen LogP contribution is -2.08. The van der Waals surface area contributed by atoms with Crippen LogP contribution in [0.3, 0.4) is 0 Å². The average molecular weight is 546 g/mol. The highest BCUT2D eigenvalue weighted by Crippen LogP contribution is 2.30. The third-order valence-corrected chi connectivity index (χ3v) is 4.42. The molecule has 7 nitrogen and oxygen atoms in total. The topological polar surface area (TPSA) is 81.7 Å². The van der Waals surface area contributed by atoms with Gasteiger partial charge in [0.1, 0.15) is 5.15 Å². The molecule has 0 spiro atoms. The second kappa shape index (κ2) is 10.7. The van der Waals surface area contributed by atoms with Crippen LogP contribution < -0.4 is 0 Å². The summed E-state index contributed by atoms with van der Waals surface area (Å²) >= 11 is 5.56. The fourth-order valence-electron chi connectivity index (χ4n) is 2.52. The number of hydrogen-bond acceptors (Lipinski definition) is 6. The SMILES string of the molecule is Fc1cnc(Cl)cc1-c1cnc(C(F)(F)F)cn1.[C-]#[N+]c1cc(-c2cnc(C(F)(F)F)cn2)c(F)cn1. The molecule has 0 aliphatic carbocycles. The summed E-state index contributed by atoms with van der Waals surface area (Å²) in [4.78, 5) is 23.3. The van der Waals surface area contributed by atoms with E-state index in [9.17, 15) is 35.1 Å². The van der Waals surface area contributed by atoms with Crippen LogP contribution in [0.4, 0.5) is 40.9 Å². The summed E-state index contributed by atoms with van der Waals surface area (Å²) in [7, 11) is 0. The van der Waals surface area contributed by atoms with Crippen molar-refractivity contribution < 1.29 is 35.1 Å². The Kier molecular flexibility index (Phi) is 7.92. The molecule has 0 unspecified atom stereocenters. The molecule has 4 rings (SSSR count). The minimum Gasteiger partial charge on any atom is -0.361 e. The van der Waals surface area contributed by atoms with Gasteiger partial charge in [-0.1, -0.05) is 18.2 Å². The van der Waals surface area contributed by atoms with Crippen LogP contribution in [-0.4, -0.2) is 29.9 Å². The molecular formula is C21H8ClF8N7. The Labute approximate surface area is 206 Å². The number of hydrogen-bond donors (Lipinski definition) is 0. The van der Waals surface area contributed by atoms with E-state index in [4.69, 9.17) is 18.2 Å². The number of alkyl halides is 6. The van der Waals surface area contributed by atoms with Crippen LogP contribution in [0.1, 0.15) is 11.4 Å². The van der Waals surface area contributed by atoms with Gasteiger partial charge in [0.25, 0.3) is 5.82 Å². The molecule has 4 heterocycles. The number of nitrogens with zero attached hydrogens (tertiary/aromatic N) is 7. The molecule has 190 valence electrons. The largest absolute Gasteiger partial charge is 0.434 e. The molecule has 0 bridgehead atoms. The van der Waals surface area contributed by atoms with Crippen LogP contribution in [0.2, 0.25) is 5.15 Å². The van der Waals surface area contributed by atoms with Gasteiger partial charge in [-0.05, 0) is 12.1 Å². The molecule has 0 radical (unpaired) electrons. The van der Waals surface area contributed by atoms with E-state index >= 15 is 0 Å². The van der Waals surface area contributed by atoms with Crippen LogP contribution in [0.25, 0.3) is 27.4 Å². The first-order chi connectivity index (χ1) is 17.3. The number of pyridine rings is 2. The van der Waals surface area contributed by atoms with Crippen molar-refractivity contribution >= 4 is 17.4 Å². The summed E-state index contributed by atoms with van der Waals surface area (Å²) in [6.07, 6.45) is -4.86. The van der Waals surface area contributed by atoms with Crippen molar-refractivity contribution in [3.05, 3.63) is 88.9 Å². The van der Waals surface area contributed by atoms with Gasteiger partial charge >= 0.3 is 12.4 Å². The summed E-state index contributed by atoms with van der Waals surface area (Å²) < 4.78 is 101. The molecule has 0 N–H and O–H groups in total. The van der Waals surface area contributed by atoms with E-state index in [1.165, 1.54) is 0 Å². The Morgan fingerprint density at radius 3 is 1.49 bits per heavy atom. The van der Waals surface area contributed by atoms with Gasteiger partial charge in [0.05, 0.1) is 42.4 Å². The van der Waals surface area contributed by atoms with Crippen molar-refractivity contribution in [2.75, 3.05) is 0 Å². The standard InChI is InChI=1S/C11H4F4N4.C10H4ClF4N3/c1-16-10-2-6(7(12)3-19-10)8-4-18-9(5-17-8)11(13,14)15;11-9-1-5(6(12)2-18-9)7-3-17-8(4-16-7)10(13,14)15/h2-5H;1-4H. The third-order valence-electron chi connectivity index (χ3n) is 4.21. The van der Waals surface area contributed by atoms with Gasteiger partial charge in [-0.3, -0.25) is 9.97 Å². The van der Waals surface area contributed by atoms with Gasteiger partial charge in [0.2, 0.25) is 0 Å². The minimum absolute atomic E-state index is 0.00750. The normalized spacial score (nSPS) is 11.4. The maximum Gasteiger partial charge on any atom is 0.434 e. The monoisotopic (exact) mass is 545 g/mol. The first kappa shape index (κ1) is 27.3.